The van der Waals surface area contributed by atoms with Gasteiger partial charge in [-0.2, -0.15) is 0 Å². The van der Waals surface area contributed by atoms with Crippen LogP contribution in [0.15, 0.2) is 36.5 Å². The number of amides is 1. The van der Waals surface area contributed by atoms with Crippen molar-refractivity contribution < 1.29 is 13.6 Å². The summed E-state index contributed by atoms with van der Waals surface area (Å²) in [5.74, 6) is -1.24. The summed E-state index contributed by atoms with van der Waals surface area (Å²) in [6.07, 6.45) is 3.50. The van der Waals surface area contributed by atoms with Crippen molar-refractivity contribution in [2.45, 2.75) is 26.7 Å². The Hall–Kier alpha value is -2.50. The number of rotatable bonds is 7. The van der Waals surface area contributed by atoms with Gasteiger partial charge in [-0.05, 0) is 37.1 Å². The molecule has 1 amide bonds. The molecule has 0 aliphatic carbocycles. The minimum absolute atomic E-state index is 0.0567. The number of nitrogens with zero attached hydrogens (tertiary/aromatic N) is 2. The number of halogens is 2. The third-order valence-corrected chi connectivity index (χ3v) is 3.50. The first-order valence-corrected chi connectivity index (χ1v) is 8.02. The van der Waals surface area contributed by atoms with E-state index in [9.17, 15) is 13.6 Å². The average molecular weight is 333 g/mol. The lowest BCUT2D eigenvalue weighted by molar-refractivity contribution is 0.102. The van der Waals surface area contributed by atoms with Crippen LogP contribution >= 0.6 is 0 Å². The van der Waals surface area contributed by atoms with Crippen molar-refractivity contribution >= 4 is 17.4 Å². The quantitative estimate of drug-likeness (QED) is 0.824. The van der Waals surface area contributed by atoms with Crippen molar-refractivity contribution in [2.24, 2.45) is 0 Å². The number of nitrogens with one attached hydrogen (secondary N) is 1. The smallest absolute Gasteiger partial charge is 0.255 e. The summed E-state index contributed by atoms with van der Waals surface area (Å²) in [4.78, 5) is 18.7. The number of hydrogen-bond donors (Lipinski definition) is 1. The molecule has 0 aliphatic rings. The number of pyridine rings is 1. The van der Waals surface area contributed by atoms with E-state index >= 15 is 0 Å². The molecule has 0 atom stereocenters. The summed E-state index contributed by atoms with van der Waals surface area (Å²) in [5, 5.41) is 2.46. The number of hydrogen-bond acceptors (Lipinski definition) is 3. The van der Waals surface area contributed by atoms with Crippen molar-refractivity contribution in [1.82, 2.24) is 4.98 Å². The van der Waals surface area contributed by atoms with Gasteiger partial charge in [0.15, 0.2) is 0 Å². The average Bonchev–Trinajstić information content (AvgIpc) is 2.57. The van der Waals surface area contributed by atoms with Crippen LogP contribution in [-0.4, -0.2) is 24.0 Å². The molecule has 2 rings (SSSR count). The Morgan fingerprint density at radius 1 is 1.12 bits per heavy atom. The van der Waals surface area contributed by atoms with Crippen LogP contribution < -0.4 is 10.2 Å². The minimum Gasteiger partial charge on any atom is -0.357 e. The van der Waals surface area contributed by atoms with Crippen LogP contribution in [-0.2, 0) is 0 Å². The predicted octanol–water partition coefficient (Wildman–Crippen LogP) is 4.24. The number of anilines is 2. The Morgan fingerprint density at radius 3 is 2.46 bits per heavy atom. The highest BCUT2D eigenvalue weighted by Gasteiger charge is 2.13. The van der Waals surface area contributed by atoms with E-state index in [2.05, 4.69) is 29.0 Å². The van der Waals surface area contributed by atoms with E-state index in [1.54, 1.807) is 18.3 Å². The fourth-order valence-corrected chi connectivity index (χ4v) is 2.40. The monoisotopic (exact) mass is 333 g/mol. The molecule has 128 valence electrons. The van der Waals surface area contributed by atoms with E-state index in [1.807, 2.05) is 0 Å². The Labute approximate surface area is 140 Å². The molecule has 0 saturated heterocycles. The molecule has 0 aliphatic heterocycles. The van der Waals surface area contributed by atoms with Crippen LogP contribution in [0.2, 0.25) is 0 Å². The molecule has 0 bridgehead atoms. The van der Waals surface area contributed by atoms with E-state index in [0.29, 0.717) is 11.4 Å². The molecule has 6 heteroatoms. The molecule has 2 aromatic rings. The largest absolute Gasteiger partial charge is 0.357 e. The molecule has 0 radical (unpaired) electrons. The number of carbonyl (C=O) groups excluding carboxylic acids is 1. The summed E-state index contributed by atoms with van der Waals surface area (Å²) < 4.78 is 26.6. The van der Waals surface area contributed by atoms with Gasteiger partial charge < -0.3 is 10.2 Å². The van der Waals surface area contributed by atoms with Gasteiger partial charge in [0.1, 0.15) is 17.5 Å². The summed E-state index contributed by atoms with van der Waals surface area (Å²) in [7, 11) is 0. The van der Waals surface area contributed by atoms with Gasteiger partial charge in [-0.15, -0.1) is 0 Å². The molecule has 0 spiro atoms. The highest BCUT2D eigenvalue weighted by Crippen LogP contribution is 2.18. The first-order chi connectivity index (χ1) is 11.5. The lowest BCUT2D eigenvalue weighted by Gasteiger charge is -2.22. The lowest BCUT2D eigenvalue weighted by Crippen LogP contribution is -2.26. The Kier molecular flexibility index (Phi) is 6.23. The zero-order chi connectivity index (χ0) is 17.5. The van der Waals surface area contributed by atoms with Crippen molar-refractivity contribution in [3.8, 4) is 0 Å². The second-order valence-electron chi connectivity index (χ2n) is 5.47. The van der Waals surface area contributed by atoms with E-state index in [0.717, 1.165) is 38.1 Å². The molecule has 0 unspecified atom stereocenters. The molecule has 0 fully saturated rings. The van der Waals surface area contributed by atoms with Crippen LogP contribution in [0, 0.1) is 11.6 Å². The van der Waals surface area contributed by atoms with Crippen molar-refractivity contribution in [3.63, 3.8) is 0 Å². The van der Waals surface area contributed by atoms with E-state index in [1.165, 1.54) is 6.07 Å². The molecule has 1 heterocycles. The van der Waals surface area contributed by atoms with E-state index in [-0.39, 0.29) is 5.69 Å². The van der Waals surface area contributed by atoms with Crippen LogP contribution in [0.25, 0.3) is 0 Å². The summed E-state index contributed by atoms with van der Waals surface area (Å²) in [5.41, 5.74) is 0.319. The lowest BCUT2D eigenvalue weighted by atomic mass is 10.2. The van der Waals surface area contributed by atoms with Crippen molar-refractivity contribution in [2.75, 3.05) is 23.3 Å². The molecule has 1 aromatic carbocycles. The molecule has 0 saturated carbocycles. The molecular weight excluding hydrogens is 312 g/mol. The number of aromatic nitrogens is 1. The van der Waals surface area contributed by atoms with Crippen molar-refractivity contribution in [3.05, 3.63) is 53.7 Å². The molecule has 1 N–H and O–H groups in total. The topological polar surface area (TPSA) is 45.2 Å². The SMILES string of the molecule is CCCN(CCC)c1cc(C(=O)Nc2ccc(F)cc2F)ccn1. The Bertz CT molecular complexity index is 700. The number of benzene rings is 1. The van der Waals surface area contributed by atoms with Crippen LogP contribution in [0.4, 0.5) is 20.3 Å². The van der Waals surface area contributed by atoms with Gasteiger partial charge in [-0.3, -0.25) is 4.79 Å². The van der Waals surface area contributed by atoms with Crippen molar-refractivity contribution in [1.29, 1.82) is 0 Å². The molecule has 4 nitrogen and oxygen atoms in total. The second-order valence-corrected chi connectivity index (χ2v) is 5.47. The molecule has 24 heavy (non-hydrogen) atoms. The summed E-state index contributed by atoms with van der Waals surface area (Å²) >= 11 is 0. The fourth-order valence-electron chi connectivity index (χ4n) is 2.40. The zero-order valence-electron chi connectivity index (χ0n) is 13.9. The molecule has 1 aromatic heterocycles. The van der Waals surface area contributed by atoms with Gasteiger partial charge in [0.25, 0.3) is 5.91 Å². The van der Waals surface area contributed by atoms with Gasteiger partial charge >= 0.3 is 0 Å². The van der Waals surface area contributed by atoms with Gasteiger partial charge in [-0.25, -0.2) is 13.8 Å². The van der Waals surface area contributed by atoms with Gasteiger partial charge in [0.2, 0.25) is 0 Å². The molecular formula is C18H21F2N3O. The fraction of sp³-hybridized carbons (Fsp3) is 0.333. The first-order valence-electron chi connectivity index (χ1n) is 8.02. The highest BCUT2D eigenvalue weighted by atomic mass is 19.1. The maximum Gasteiger partial charge on any atom is 0.255 e. The van der Waals surface area contributed by atoms with Gasteiger partial charge in [0.05, 0.1) is 5.69 Å². The van der Waals surface area contributed by atoms with Crippen LogP contribution in [0.1, 0.15) is 37.0 Å². The van der Waals surface area contributed by atoms with Crippen LogP contribution in [0.5, 0.6) is 0 Å². The maximum absolute atomic E-state index is 13.7. The standard InChI is InChI=1S/C18H21F2N3O/c1-3-9-23(10-4-2)17-11-13(7-8-21-17)18(24)22-16-6-5-14(19)12-15(16)20/h5-8,11-12H,3-4,9-10H2,1-2H3,(H,22,24). The predicted molar refractivity (Wildman–Crippen MR) is 91.3 cm³/mol. The number of carbonyl (C=O) groups is 1. The highest BCUT2D eigenvalue weighted by molar-refractivity contribution is 6.04. The minimum atomic E-state index is -0.809. The van der Waals surface area contributed by atoms with E-state index in [4.69, 9.17) is 0 Å². The maximum atomic E-state index is 13.7. The Balaban J connectivity index is 2.19. The van der Waals surface area contributed by atoms with E-state index < -0.39 is 17.5 Å². The zero-order valence-corrected chi connectivity index (χ0v) is 13.9. The van der Waals surface area contributed by atoms with Gasteiger partial charge in [-0.1, -0.05) is 13.8 Å². The first kappa shape index (κ1) is 17.8. The van der Waals surface area contributed by atoms with Crippen LogP contribution in [0.3, 0.4) is 0 Å². The second kappa shape index (κ2) is 8.38. The third kappa shape index (κ3) is 4.50. The van der Waals surface area contributed by atoms with Gasteiger partial charge in [0, 0.05) is 30.9 Å². The third-order valence-electron chi connectivity index (χ3n) is 3.50. The normalized spacial score (nSPS) is 10.5. The summed E-state index contributed by atoms with van der Waals surface area (Å²) in [6.45, 7) is 5.85. The summed E-state index contributed by atoms with van der Waals surface area (Å²) in [6, 6.07) is 6.28. The Morgan fingerprint density at radius 2 is 1.83 bits per heavy atom.